The van der Waals surface area contributed by atoms with Crippen LogP contribution in [0.4, 0.5) is 0 Å². The summed E-state index contributed by atoms with van der Waals surface area (Å²) in [7, 11) is 3.49. The van der Waals surface area contributed by atoms with Gasteiger partial charge in [-0.25, -0.2) is 0 Å². The van der Waals surface area contributed by atoms with Gasteiger partial charge in [0.15, 0.2) is 11.0 Å². The zero-order valence-corrected chi connectivity index (χ0v) is 12.9. The van der Waals surface area contributed by atoms with Gasteiger partial charge in [0.05, 0.1) is 17.6 Å². The first kappa shape index (κ1) is 14.6. The number of amides is 1. The van der Waals surface area contributed by atoms with E-state index in [9.17, 15) is 4.79 Å². The van der Waals surface area contributed by atoms with Crippen molar-refractivity contribution in [1.82, 2.24) is 19.7 Å². The maximum Gasteiger partial charge on any atom is 0.232 e. The van der Waals surface area contributed by atoms with E-state index < -0.39 is 0 Å². The number of carbonyl (C=O) groups is 1. The molecule has 0 aliphatic carbocycles. The van der Waals surface area contributed by atoms with E-state index in [2.05, 4.69) is 10.2 Å². The maximum absolute atomic E-state index is 11.6. The van der Waals surface area contributed by atoms with Gasteiger partial charge in [-0.3, -0.25) is 4.79 Å². The van der Waals surface area contributed by atoms with Crippen molar-refractivity contribution >= 4 is 17.7 Å². The highest BCUT2D eigenvalue weighted by atomic mass is 32.2. The Morgan fingerprint density at radius 3 is 2.75 bits per heavy atom. The molecule has 0 spiro atoms. The van der Waals surface area contributed by atoms with Crippen LogP contribution in [0.3, 0.4) is 0 Å². The third kappa shape index (κ3) is 2.87. The number of aromatic nitrogens is 3. The van der Waals surface area contributed by atoms with Crippen molar-refractivity contribution < 1.29 is 9.21 Å². The Morgan fingerprint density at radius 2 is 2.20 bits per heavy atom. The topological polar surface area (TPSA) is 64.2 Å². The van der Waals surface area contributed by atoms with E-state index in [0.717, 1.165) is 28.8 Å². The van der Waals surface area contributed by atoms with Crippen molar-refractivity contribution in [2.24, 2.45) is 0 Å². The molecule has 0 aromatic carbocycles. The van der Waals surface area contributed by atoms with Gasteiger partial charge in [-0.05, 0) is 19.9 Å². The third-order valence-corrected chi connectivity index (χ3v) is 3.91. The molecule has 0 unspecified atom stereocenters. The Balaban J connectivity index is 2.22. The monoisotopic (exact) mass is 294 g/mol. The van der Waals surface area contributed by atoms with Crippen molar-refractivity contribution in [1.29, 1.82) is 0 Å². The van der Waals surface area contributed by atoms with E-state index >= 15 is 0 Å². The zero-order chi connectivity index (χ0) is 14.7. The molecule has 2 heterocycles. The smallest absolute Gasteiger partial charge is 0.232 e. The molecule has 0 saturated heterocycles. The molecular formula is C13H18N4O2S. The quantitative estimate of drug-likeness (QED) is 0.790. The van der Waals surface area contributed by atoms with Crippen molar-refractivity contribution in [3.05, 3.63) is 18.1 Å². The first-order chi connectivity index (χ1) is 9.54. The minimum Gasteiger partial charge on any atom is -0.469 e. The van der Waals surface area contributed by atoms with Crippen LogP contribution in [0.2, 0.25) is 0 Å². The van der Waals surface area contributed by atoms with E-state index in [4.69, 9.17) is 4.42 Å². The zero-order valence-electron chi connectivity index (χ0n) is 12.1. The highest BCUT2D eigenvalue weighted by molar-refractivity contribution is 7.99. The van der Waals surface area contributed by atoms with Gasteiger partial charge < -0.3 is 13.9 Å². The van der Waals surface area contributed by atoms with E-state index in [-0.39, 0.29) is 5.91 Å². The molecule has 0 aliphatic rings. The van der Waals surface area contributed by atoms with Crippen molar-refractivity contribution in [2.75, 3.05) is 19.8 Å². The standard InChI is InChI=1S/C13H18N4O2S/c1-5-17-12(10-6-7-19-9(10)2)14-15-13(17)20-8-11(18)16(3)4/h6-7H,5,8H2,1-4H3. The first-order valence-corrected chi connectivity index (χ1v) is 7.33. The molecule has 2 aromatic rings. The molecule has 1 amide bonds. The van der Waals surface area contributed by atoms with Crippen LogP contribution in [0.15, 0.2) is 21.9 Å². The number of aryl methyl sites for hydroxylation is 1. The van der Waals surface area contributed by atoms with Crippen molar-refractivity contribution in [2.45, 2.75) is 25.5 Å². The summed E-state index contributed by atoms with van der Waals surface area (Å²) in [5, 5.41) is 9.15. The average molecular weight is 294 g/mol. The lowest BCUT2D eigenvalue weighted by atomic mass is 10.2. The van der Waals surface area contributed by atoms with Gasteiger partial charge in [0.2, 0.25) is 5.91 Å². The predicted molar refractivity (Wildman–Crippen MR) is 77.6 cm³/mol. The number of carbonyl (C=O) groups excluding carboxylic acids is 1. The molecule has 108 valence electrons. The average Bonchev–Trinajstić information content (AvgIpc) is 3.00. The summed E-state index contributed by atoms with van der Waals surface area (Å²) in [6, 6.07) is 1.88. The second-order valence-electron chi connectivity index (χ2n) is 4.52. The summed E-state index contributed by atoms with van der Waals surface area (Å²) in [5.41, 5.74) is 0.935. The number of rotatable bonds is 5. The van der Waals surface area contributed by atoms with E-state index in [1.807, 2.05) is 24.5 Å². The molecule has 2 aromatic heterocycles. The molecular weight excluding hydrogens is 276 g/mol. The van der Waals surface area contributed by atoms with Crippen LogP contribution >= 0.6 is 11.8 Å². The maximum atomic E-state index is 11.6. The van der Waals surface area contributed by atoms with Crippen LogP contribution in [0.5, 0.6) is 0 Å². The summed E-state index contributed by atoms with van der Waals surface area (Å²) in [4.78, 5) is 13.2. The van der Waals surface area contributed by atoms with Gasteiger partial charge in [-0.2, -0.15) is 0 Å². The number of hydrogen-bond donors (Lipinski definition) is 0. The molecule has 0 fully saturated rings. The highest BCUT2D eigenvalue weighted by Gasteiger charge is 2.17. The molecule has 6 nitrogen and oxygen atoms in total. The molecule has 7 heteroatoms. The fourth-order valence-corrected chi connectivity index (χ4v) is 2.73. The summed E-state index contributed by atoms with van der Waals surface area (Å²) in [6.45, 7) is 4.66. The lowest BCUT2D eigenvalue weighted by molar-refractivity contribution is -0.125. The Labute approximate surface area is 122 Å². The largest absolute Gasteiger partial charge is 0.469 e. The van der Waals surface area contributed by atoms with Gasteiger partial charge in [0, 0.05) is 20.6 Å². The molecule has 0 bridgehead atoms. The number of furan rings is 1. The van der Waals surface area contributed by atoms with Crippen LogP contribution in [0, 0.1) is 6.92 Å². The van der Waals surface area contributed by atoms with Crippen molar-refractivity contribution in [3.8, 4) is 11.4 Å². The Bertz CT molecular complexity index is 603. The predicted octanol–water partition coefficient (Wildman–Crippen LogP) is 2.05. The summed E-state index contributed by atoms with van der Waals surface area (Å²) in [6.07, 6.45) is 1.64. The second-order valence-corrected chi connectivity index (χ2v) is 5.46. The highest BCUT2D eigenvalue weighted by Crippen LogP contribution is 2.26. The Kier molecular flexibility index (Phi) is 4.49. The molecule has 20 heavy (non-hydrogen) atoms. The fourth-order valence-electron chi connectivity index (χ4n) is 1.75. The molecule has 2 rings (SSSR count). The summed E-state index contributed by atoms with van der Waals surface area (Å²) < 4.78 is 7.30. The van der Waals surface area contributed by atoms with Crippen LogP contribution in [0.1, 0.15) is 12.7 Å². The molecule has 0 saturated carbocycles. The summed E-state index contributed by atoms with van der Waals surface area (Å²) in [5.74, 6) is 2.00. The Morgan fingerprint density at radius 1 is 1.45 bits per heavy atom. The fraction of sp³-hybridized carbons (Fsp3) is 0.462. The molecule has 0 aliphatic heterocycles. The Hall–Kier alpha value is -1.76. The van der Waals surface area contributed by atoms with Gasteiger partial charge in [0.1, 0.15) is 5.76 Å². The van der Waals surface area contributed by atoms with Crippen molar-refractivity contribution in [3.63, 3.8) is 0 Å². The van der Waals surface area contributed by atoms with Gasteiger partial charge >= 0.3 is 0 Å². The SMILES string of the molecule is CCn1c(SCC(=O)N(C)C)nnc1-c1ccoc1C. The van der Waals surface area contributed by atoms with E-state index in [1.54, 1.807) is 25.3 Å². The van der Waals surface area contributed by atoms with Crippen LogP contribution < -0.4 is 0 Å². The van der Waals surface area contributed by atoms with E-state index in [0.29, 0.717) is 5.75 Å². The second kappa shape index (κ2) is 6.13. The number of thioether (sulfide) groups is 1. The van der Waals surface area contributed by atoms with Gasteiger partial charge in [0.25, 0.3) is 0 Å². The number of hydrogen-bond acceptors (Lipinski definition) is 5. The van der Waals surface area contributed by atoms with Crippen LogP contribution in [0.25, 0.3) is 11.4 Å². The minimum atomic E-state index is 0.0571. The van der Waals surface area contributed by atoms with Gasteiger partial charge in [-0.1, -0.05) is 11.8 Å². The van der Waals surface area contributed by atoms with E-state index in [1.165, 1.54) is 11.8 Å². The molecule has 0 atom stereocenters. The molecule has 0 radical (unpaired) electrons. The number of nitrogens with zero attached hydrogens (tertiary/aromatic N) is 4. The third-order valence-electron chi connectivity index (χ3n) is 2.96. The lowest BCUT2D eigenvalue weighted by Crippen LogP contribution is -2.23. The minimum absolute atomic E-state index is 0.0571. The summed E-state index contributed by atoms with van der Waals surface area (Å²) >= 11 is 1.40. The first-order valence-electron chi connectivity index (χ1n) is 6.35. The van der Waals surface area contributed by atoms with Gasteiger partial charge in [-0.15, -0.1) is 10.2 Å². The normalized spacial score (nSPS) is 10.8. The van der Waals surface area contributed by atoms with Crippen LogP contribution in [-0.4, -0.2) is 45.4 Å². The molecule has 0 N–H and O–H groups in total. The van der Waals surface area contributed by atoms with Crippen LogP contribution in [-0.2, 0) is 11.3 Å². The lowest BCUT2D eigenvalue weighted by Gasteiger charge is -2.10.